The number of hydrogen-bond donors (Lipinski definition) is 3. The van der Waals surface area contributed by atoms with Crippen molar-refractivity contribution >= 4 is 5.97 Å². The van der Waals surface area contributed by atoms with E-state index in [1.54, 1.807) is 52.7 Å². The predicted octanol–water partition coefficient (Wildman–Crippen LogP) is 1.11. The molecule has 1 aromatic carbocycles. The Balaban J connectivity index is 1.46. The molecule has 10 heteroatoms. The first-order chi connectivity index (χ1) is 20.1. The highest BCUT2D eigenvalue weighted by Crippen LogP contribution is 2.80. The molecule has 5 aliphatic carbocycles. The quantitative estimate of drug-likeness (QED) is 0.381. The van der Waals surface area contributed by atoms with Gasteiger partial charge in [-0.15, -0.1) is 0 Å². The summed E-state index contributed by atoms with van der Waals surface area (Å²) < 4.78 is 30.8. The van der Waals surface area contributed by atoms with Gasteiger partial charge in [-0.2, -0.15) is 0 Å². The van der Waals surface area contributed by atoms with Gasteiger partial charge in [0.25, 0.3) is 0 Å². The third kappa shape index (κ3) is 3.20. The zero-order chi connectivity index (χ0) is 29.8. The van der Waals surface area contributed by atoms with E-state index in [-0.39, 0.29) is 36.8 Å². The standard InChI is InChI=1S/C32H45NO9/c1-6-33-15-29(16-38-2)19(34)12-20(39-3)32-18-13-30(36)21(40-4)14-31(37,23(26(32)33)24(41-5)25(29)32)22(18)27(30)42-28(35)17-10-8-7-9-11-17/h7-11,18-27,34,36-37H,6,12-16H2,1-5H3/t18?,19-,20?,21+,22?,23?,24?,25?,26?,27?,29+,30+,31-,32?/m1/s1. The van der Waals surface area contributed by atoms with Crippen LogP contribution >= 0.6 is 0 Å². The number of likely N-dealkylation sites (tertiary alicyclic amines) is 1. The molecule has 5 saturated carbocycles. The Hall–Kier alpha value is -1.63. The number of hydrogen-bond acceptors (Lipinski definition) is 10. The minimum Gasteiger partial charge on any atom is -0.455 e. The molecule has 1 spiro atoms. The van der Waals surface area contributed by atoms with Gasteiger partial charge in [-0.25, -0.2) is 4.79 Å². The number of esters is 1. The van der Waals surface area contributed by atoms with E-state index < -0.39 is 64.3 Å². The van der Waals surface area contributed by atoms with Gasteiger partial charge in [0, 0.05) is 82.5 Å². The van der Waals surface area contributed by atoms with Crippen molar-refractivity contribution in [1.29, 1.82) is 0 Å². The molecule has 0 radical (unpaired) electrons. The molecule has 6 fully saturated rings. The molecule has 7 bridgehead atoms. The molecule has 1 heterocycles. The maximum atomic E-state index is 13.5. The lowest BCUT2D eigenvalue weighted by Gasteiger charge is -2.70. The number of nitrogens with zero attached hydrogens (tertiary/aromatic N) is 1. The average Bonchev–Trinajstić information content (AvgIpc) is 3.37. The number of piperidine rings is 1. The molecular weight excluding hydrogens is 542 g/mol. The molecule has 0 amide bonds. The van der Waals surface area contributed by atoms with E-state index >= 15 is 0 Å². The Kier molecular flexibility index (Phi) is 6.71. The van der Waals surface area contributed by atoms with E-state index in [1.165, 1.54) is 0 Å². The maximum absolute atomic E-state index is 13.5. The highest BCUT2D eigenvalue weighted by molar-refractivity contribution is 5.89. The zero-order valence-corrected chi connectivity index (χ0v) is 25.1. The second kappa shape index (κ2) is 9.68. The van der Waals surface area contributed by atoms with Crippen LogP contribution in [-0.2, 0) is 23.7 Å². The van der Waals surface area contributed by atoms with Gasteiger partial charge < -0.3 is 39.0 Å². The van der Waals surface area contributed by atoms with Crippen molar-refractivity contribution in [3.63, 3.8) is 0 Å². The Labute approximate surface area is 247 Å². The second-order valence-electron chi connectivity index (χ2n) is 13.8. The average molecular weight is 588 g/mol. The predicted molar refractivity (Wildman–Crippen MR) is 150 cm³/mol. The van der Waals surface area contributed by atoms with Crippen molar-refractivity contribution in [2.75, 3.05) is 48.1 Å². The Morgan fingerprint density at radius 3 is 2.31 bits per heavy atom. The first-order valence-corrected chi connectivity index (χ1v) is 15.3. The number of methoxy groups -OCH3 is 4. The first-order valence-electron chi connectivity index (χ1n) is 15.3. The van der Waals surface area contributed by atoms with Crippen molar-refractivity contribution in [3.8, 4) is 0 Å². The summed E-state index contributed by atoms with van der Waals surface area (Å²) in [5, 5.41) is 37.6. The Morgan fingerprint density at radius 2 is 1.69 bits per heavy atom. The molecule has 232 valence electrons. The van der Waals surface area contributed by atoms with Crippen LogP contribution < -0.4 is 0 Å². The first kappa shape index (κ1) is 29.1. The number of carbonyl (C=O) groups excluding carboxylic acids is 1. The minimum atomic E-state index is -1.51. The summed E-state index contributed by atoms with van der Waals surface area (Å²) in [5.41, 5.74) is -3.77. The van der Waals surface area contributed by atoms with Crippen LogP contribution in [0.5, 0.6) is 0 Å². The van der Waals surface area contributed by atoms with Gasteiger partial charge in [0.1, 0.15) is 11.7 Å². The van der Waals surface area contributed by atoms with Crippen LogP contribution in [0.1, 0.15) is 36.5 Å². The number of aliphatic hydroxyl groups is 3. The lowest BCUT2D eigenvalue weighted by molar-refractivity contribution is -0.298. The molecule has 3 N–H and O–H groups in total. The minimum absolute atomic E-state index is 0.130. The van der Waals surface area contributed by atoms with Crippen LogP contribution in [-0.4, -0.2) is 122 Å². The molecule has 9 unspecified atom stereocenters. The van der Waals surface area contributed by atoms with Gasteiger partial charge in [-0.1, -0.05) is 25.1 Å². The number of benzene rings is 1. The van der Waals surface area contributed by atoms with E-state index in [9.17, 15) is 20.1 Å². The van der Waals surface area contributed by atoms with Gasteiger partial charge in [0.15, 0.2) is 0 Å². The van der Waals surface area contributed by atoms with Gasteiger partial charge in [-0.05, 0) is 31.0 Å². The van der Waals surface area contributed by atoms with Gasteiger partial charge in [0.05, 0.1) is 42.2 Å². The molecule has 42 heavy (non-hydrogen) atoms. The van der Waals surface area contributed by atoms with Crippen LogP contribution in [0.4, 0.5) is 0 Å². The van der Waals surface area contributed by atoms with Crippen molar-refractivity contribution < 1.29 is 43.8 Å². The number of ether oxygens (including phenoxy) is 5. The van der Waals surface area contributed by atoms with Gasteiger partial charge in [0.2, 0.25) is 0 Å². The molecule has 1 aromatic rings. The number of aliphatic hydroxyl groups excluding tert-OH is 1. The normalized spacial score (nSPS) is 51.9. The molecule has 10 nitrogen and oxygen atoms in total. The summed E-state index contributed by atoms with van der Waals surface area (Å²) in [4.78, 5) is 15.9. The smallest absolute Gasteiger partial charge is 0.338 e. The number of carbonyl (C=O) groups is 1. The van der Waals surface area contributed by atoms with Crippen LogP contribution in [0.25, 0.3) is 0 Å². The monoisotopic (exact) mass is 587 g/mol. The zero-order valence-electron chi connectivity index (χ0n) is 25.1. The third-order valence-corrected chi connectivity index (χ3v) is 12.8. The summed E-state index contributed by atoms with van der Waals surface area (Å²) in [6.07, 6.45) is -2.36. The second-order valence-corrected chi connectivity index (χ2v) is 13.8. The fraction of sp³-hybridized carbons (Fsp3) is 0.781. The summed E-state index contributed by atoms with van der Waals surface area (Å²) >= 11 is 0. The summed E-state index contributed by atoms with van der Waals surface area (Å²) in [6.45, 7) is 3.76. The van der Waals surface area contributed by atoms with Crippen molar-refractivity contribution in [3.05, 3.63) is 35.9 Å². The van der Waals surface area contributed by atoms with Crippen LogP contribution in [0, 0.1) is 34.5 Å². The third-order valence-electron chi connectivity index (χ3n) is 12.8. The molecule has 0 aromatic heterocycles. The van der Waals surface area contributed by atoms with E-state index in [0.29, 0.717) is 31.7 Å². The molecule has 1 aliphatic heterocycles. The molecule has 14 atom stereocenters. The van der Waals surface area contributed by atoms with Gasteiger partial charge in [-0.3, -0.25) is 4.90 Å². The maximum Gasteiger partial charge on any atom is 0.338 e. The largest absolute Gasteiger partial charge is 0.455 e. The van der Waals surface area contributed by atoms with Crippen molar-refractivity contribution in [1.82, 2.24) is 4.90 Å². The summed E-state index contributed by atoms with van der Waals surface area (Å²) in [7, 11) is 6.60. The van der Waals surface area contributed by atoms with Crippen molar-refractivity contribution in [2.24, 2.45) is 34.5 Å². The van der Waals surface area contributed by atoms with E-state index in [4.69, 9.17) is 23.7 Å². The lowest BCUT2D eigenvalue weighted by atomic mass is 9.42. The van der Waals surface area contributed by atoms with Crippen LogP contribution in [0.2, 0.25) is 0 Å². The molecule has 6 aliphatic rings. The molecule has 1 saturated heterocycles. The highest BCUT2D eigenvalue weighted by atomic mass is 16.6. The van der Waals surface area contributed by atoms with Crippen molar-refractivity contribution in [2.45, 2.75) is 73.9 Å². The molecular formula is C32H45NO9. The summed E-state index contributed by atoms with van der Waals surface area (Å²) in [5.74, 6) is -2.02. The van der Waals surface area contributed by atoms with E-state index in [2.05, 4.69) is 11.8 Å². The van der Waals surface area contributed by atoms with Crippen LogP contribution in [0.15, 0.2) is 30.3 Å². The lowest BCUT2D eigenvalue weighted by Crippen LogP contribution is -2.79. The summed E-state index contributed by atoms with van der Waals surface area (Å²) in [6, 6.07) is 8.63. The van der Waals surface area contributed by atoms with E-state index in [1.807, 2.05) is 6.07 Å². The van der Waals surface area contributed by atoms with Gasteiger partial charge >= 0.3 is 5.97 Å². The highest BCUT2D eigenvalue weighted by Gasteiger charge is 2.89. The fourth-order valence-electron chi connectivity index (χ4n) is 11.8. The SMILES string of the molecule is CCN1C[C@@]2(COC)C3C(OC)C4C1C3(C(OC)C[C@H]2O)C1C[C@@]2(O)C(OC(=O)c3ccccc3)C1[C@]4(O)C[C@@H]2OC. The topological polar surface area (TPSA) is 127 Å². The number of rotatable bonds is 8. The number of fused-ring (bicyclic) bond motifs is 2. The van der Waals surface area contributed by atoms with Crippen LogP contribution in [0.3, 0.4) is 0 Å². The molecule has 7 rings (SSSR count). The Morgan fingerprint density at radius 1 is 0.976 bits per heavy atom. The fourth-order valence-corrected chi connectivity index (χ4v) is 11.8. The van der Waals surface area contributed by atoms with E-state index in [0.717, 1.165) is 0 Å². The Bertz CT molecular complexity index is 1220.